The zero-order valence-corrected chi connectivity index (χ0v) is 24.4. The van der Waals surface area contributed by atoms with E-state index in [2.05, 4.69) is 34.2 Å². The highest BCUT2D eigenvalue weighted by molar-refractivity contribution is 7.92. The third kappa shape index (κ3) is 7.06. The molecule has 1 saturated heterocycles. The van der Waals surface area contributed by atoms with Gasteiger partial charge in [0.15, 0.2) is 11.5 Å². The van der Waals surface area contributed by atoms with Crippen LogP contribution in [0.3, 0.4) is 0 Å². The van der Waals surface area contributed by atoms with Crippen LogP contribution in [-0.2, 0) is 25.9 Å². The Morgan fingerprint density at radius 3 is 2.68 bits per heavy atom. The Morgan fingerprint density at radius 1 is 1.26 bits per heavy atom. The lowest BCUT2D eigenvalue weighted by Crippen LogP contribution is -2.44. The van der Waals surface area contributed by atoms with E-state index < -0.39 is 24.4 Å². The summed E-state index contributed by atoms with van der Waals surface area (Å²) in [6.07, 6.45) is 4.66. The van der Waals surface area contributed by atoms with Gasteiger partial charge in [0.05, 0.1) is 24.9 Å². The predicted octanol–water partition coefficient (Wildman–Crippen LogP) is 4.11. The van der Waals surface area contributed by atoms with Gasteiger partial charge in [-0.05, 0) is 13.0 Å². The zero-order chi connectivity index (χ0) is 27.7. The quantitative estimate of drug-likeness (QED) is 0.264. The number of anilines is 1. The van der Waals surface area contributed by atoms with Crippen LogP contribution in [0.15, 0.2) is 22.7 Å². The predicted molar refractivity (Wildman–Crippen MR) is 145 cm³/mol. The highest BCUT2D eigenvalue weighted by Gasteiger charge is 2.27. The van der Waals surface area contributed by atoms with Gasteiger partial charge in [0.1, 0.15) is 17.9 Å². The first-order chi connectivity index (χ1) is 17.8. The van der Waals surface area contributed by atoms with Crippen molar-refractivity contribution in [3.05, 3.63) is 18.3 Å². The number of hydrogen-bond donors (Lipinski definition) is 0. The van der Waals surface area contributed by atoms with Crippen molar-refractivity contribution in [3.63, 3.8) is 0 Å². The summed E-state index contributed by atoms with van der Waals surface area (Å²) in [6.45, 7) is 8.16. The van der Waals surface area contributed by atoms with Gasteiger partial charge in [-0.25, -0.2) is 13.9 Å². The van der Waals surface area contributed by atoms with Crippen molar-refractivity contribution in [2.24, 2.45) is 4.36 Å². The largest absolute Gasteiger partial charge is 0.414 e. The molecule has 0 unspecified atom stereocenters. The first kappa shape index (κ1) is 28.4. The second-order valence-corrected chi connectivity index (χ2v) is 18.9. The fraction of sp³-hybridized carbons (Fsp3) is 0.609. The van der Waals surface area contributed by atoms with Gasteiger partial charge in [-0.2, -0.15) is 22.9 Å². The third-order valence-electron chi connectivity index (χ3n) is 5.82. The fourth-order valence-corrected chi connectivity index (χ4v) is 5.35. The number of morpholine rings is 1. The highest BCUT2D eigenvalue weighted by atomic mass is 32.2. The standard InChI is InChI=1S/C23H35F2N7O4SSi/c1-16-14-34-10-9-31(16)19-13-17(29-37(2,3)33)20-21(26-19)32(28-22(20)36-23(24)25)18-7-8-30(27-18)15-35-11-12-38(4,5)6/h7-8,13,16,23H,9-12,14-15H2,1-6H3/t16-/m1/s1. The normalized spacial score (nSPS) is 17.0. The molecule has 1 fully saturated rings. The molecule has 1 aliphatic rings. The van der Waals surface area contributed by atoms with Crippen LogP contribution in [0.4, 0.5) is 20.3 Å². The van der Waals surface area contributed by atoms with Crippen molar-refractivity contribution in [2.75, 3.05) is 43.8 Å². The molecule has 3 aromatic heterocycles. The molecule has 4 rings (SSSR count). The van der Waals surface area contributed by atoms with Crippen molar-refractivity contribution in [3.8, 4) is 11.7 Å². The van der Waals surface area contributed by atoms with Gasteiger partial charge in [-0.3, -0.25) is 0 Å². The minimum atomic E-state index is -3.13. The maximum atomic E-state index is 13.4. The molecule has 0 radical (unpaired) electrons. The minimum Gasteiger partial charge on any atom is -0.414 e. The SMILES string of the molecule is C[C@@H]1COCCN1c1cc(N=S(C)(C)=O)c2c(OC(F)F)nn(-c3ccn(COCC[Si](C)(C)C)n3)c2n1. The molecule has 0 aromatic carbocycles. The summed E-state index contributed by atoms with van der Waals surface area (Å²) < 4.78 is 62.8. The highest BCUT2D eigenvalue weighted by Crippen LogP contribution is 2.38. The van der Waals surface area contributed by atoms with Gasteiger partial charge in [0.25, 0.3) is 0 Å². The van der Waals surface area contributed by atoms with Gasteiger partial charge in [-0.15, -0.1) is 5.10 Å². The number of alkyl halides is 2. The average Bonchev–Trinajstić information content (AvgIpc) is 3.40. The average molecular weight is 572 g/mol. The topological polar surface area (TPSA) is 109 Å². The third-order valence-corrected chi connectivity index (χ3v) is 8.16. The van der Waals surface area contributed by atoms with E-state index in [9.17, 15) is 13.0 Å². The summed E-state index contributed by atoms with van der Waals surface area (Å²) in [4.78, 5) is 6.81. The van der Waals surface area contributed by atoms with E-state index in [1.165, 1.54) is 17.2 Å². The molecule has 1 atom stereocenters. The molecule has 210 valence electrons. The summed E-state index contributed by atoms with van der Waals surface area (Å²) >= 11 is 0. The van der Waals surface area contributed by atoms with Crippen LogP contribution in [0, 0.1) is 0 Å². The molecule has 0 N–H and O–H groups in total. The van der Waals surface area contributed by atoms with E-state index in [1.54, 1.807) is 23.0 Å². The zero-order valence-electron chi connectivity index (χ0n) is 22.6. The van der Waals surface area contributed by atoms with Gasteiger partial charge in [0, 0.05) is 61.8 Å². The maximum absolute atomic E-state index is 13.4. The van der Waals surface area contributed by atoms with Crippen LogP contribution in [-0.4, -0.2) is 88.4 Å². The molecule has 11 nitrogen and oxygen atoms in total. The molecule has 15 heteroatoms. The van der Waals surface area contributed by atoms with Crippen molar-refractivity contribution >= 4 is 40.3 Å². The van der Waals surface area contributed by atoms with Gasteiger partial charge < -0.3 is 19.1 Å². The van der Waals surface area contributed by atoms with Crippen molar-refractivity contribution in [2.45, 2.75) is 52.0 Å². The molecule has 4 heterocycles. The molecule has 38 heavy (non-hydrogen) atoms. The number of rotatable bonds is 10. The first-order valence-corrected chi connectivity index (χ1v) is 18.4. The van der Waals surface area contributed by atoms with Crippen molar-refractivity contribution < 1.29 is 27.2 Å². The van der Waals surface area contributed by atoms with Crippen LogP contribution < -0.4 is 9.64 Å². The molecular formula is C23H35F2N7O4SSi. The van der Waals surface area contributed by atoms with Gasteiger partial charge >= 0.3 is 6.61 Å². The number of pyridine rings is 1. The fourth-order valence-electron chi connectivity index (χ4n) is 3.97. The molecule has 0 aliphatic carbocycles. The Morgan fingerprint density at radius 2 is 2.03 bits per heavy atom. The summed E-state index contributed by atoms with van der Waals surface area (Å²) in [7, 11) is -3.88. The second kappa shape index (κ2) is 11.2. The Balaban J connectivity index is 1.80. The molecule has 3 aromatic rings. The van der Waals surface area contributed by atoms with Crippen molar-refractivity contribution in [1.29, 1.82) is 0 Å². The Kier molecular flexibility index (Phi) is 8.39. The Labute approximate surface area is 222 Å². The molecule has 1 aliphatic heterocycles. The van der Waals surface area contributed by atoms with Crippen LogP contribution in [0.25, 0.3) is 16.9 Å². The minimum absolute atomic E-state index is 0.00910. The monoisotopic (exact) mass is 571 g/mol. The molecule has 0 bridgehead atoms. The summed E-state index contributed by atoms with van der Waals surface area (Å²) in [5.74, 6) is 0.509. The number of fused-ring (bicyclic) bond motifs is 1. The van der Waals surface area contributed by atoms with Gasteiger partial charge in [-0.1, -0.05) is 19.6 Å². The van der Waals surface area contributed by atoms with E-state index in [1.807, 2.05) is 11.8 Å². The molecule has 0 saturated carbocycles. The van der Waals surface area contributed by atoms with Crippen LogP contribution in [0.1, 0.15) is 6.92 Å². The lowest BCUT2D eigenvalue weighted by molar-refractivity contribution is -0.0520. The first-order valence-electron chi connectivity index (χ1n) is 12.3. The van der Waals surface area contributed by atoms with Gasteiger partial charge in [0.2, 0.25) is 5.88 Å². The maximum Gasteiger partial charge on any atom is 0.388 e. The summed E-state index contributed by atoms with van der Waals surface area (Å²) in [5, 5.41) is 8.93. The van der Waals surface area contributed by atoms with Crippen LogP contribution >= 0.6 is 0 Å². The van der Waals surface area contributed by atoms with Crippen LogP contribution in [0.2, 0.25) is 25.7 Å². The second-order valence-electron chi connectivity index (χ2n) is 10.7. The lowest BCUT2D eigenvalue weighted by atomic mass is 10.2. The molecule has 0 spiro atoms. The Hall–Kier alpha value is -2.62. The van der Waals surface area contributed by atoms with E-state index in [0.29, 0.717) is 38.0 Å². The lowest BCUT2D eigenvalue weighted by Gasteiger charge is -2.34. The summed E-state index contributed by atoms with van der Waals surface area (Å²) in [6, 6.07) is 4.35. The van der Waals surface area contributed by atoms with Crippen LogP contribution in [0.5, 0.6) is 5.88 Å². The van der Waals surface area contributed by atoms with Crippen molar-refractivity contribution in [1.82, 2.24) is 24.5 Å². The number of nitrogens with zero attached hydrogens (tertiary/aromatic N) is 7. The smallest absolute Gasteiger partial charge is 0.388 e. The number of halogens is 2. The number of aromatic nitrogens is 5. The van der Waals surface area contributed by atoms with E-state index in [4.69, 9.17) is 19.2 Å². The summed E-state index contributed by atoms with van der Waals surface area (Å²) in [5.41, 5.74) is 0.416. The molecular weight excluding hydrogens is 536 g/mol. The number of ether oxygens (including phenoxy) is 3. The Bertz CT molecular complexity index is 1390. The molecule has 0 amide bonds. The number of hydrogen-bond acceptors (Lipinski definition) is 9. The van der Waals surface area contributed by atoms with E-state index in [0.717, 1.165) is 6.04 Å². The van der Waals surface area contributed by atoms with E-state index >= 15 is 0 Å². The van der Waals surface area contributed by atoms with E-state index in [-0.39, 0.29) is 35.4 Å².